The minimum atomic E-state index is -0.750. The highest BCUT2D eigenvalue weighted by Gasteiger charge is 2.34. The Morgan fingerprint density at radius 1 is 1.25 bits per heavy atom. The maximum absolute atomic E-state index is 13.4. The van der Waals surface area contributed by atoms with Crippen molar-refractivity contribution >= 4 is 11.8 Å². The normalized spacial score (nSPS) is 17.3. The molecule has 5 nitrogen and oxygen atoms in total. The fraction of sp³-hybridized carbons (Fsp3) is 0.222. The molecule has 24 heavy (non-hydrogen) atoms. The van der Waals surface area contributed by atoms with E-state index in [2.05, 4.69) is 5.32 Å². The lowest BCUT2D eigenvalue weighted by Crippen LogP contribution is -2.52. The van der Waals surface area contributed by atoms with Crippen LogP contribution in [0.3, 0.4) is 0 Å². The van der Waals surface area contributed by atoms with Gasteiger partial charge in [-0.1, -0.05) is 18.2 Å². The highest BCUT2D eigenvalue weighted by molar-refractivity contribution is 5.98. The smallest absolute Gasteiger partial charge is 0.254 e. The van der Waals surface area contributed by atoms with Gasteiger partial charge in [0.1, 0.15) is 17.6 Å². The van der Waals surface area contributed by atoms with Crippen LogP contribution < -0.4 is 10.1 Å². The lowest BCUT2D eigenvalue weighted by atomic mass is 10.0. The van der Waals surface area contributed by atoms with Crippen LogP contribution in [0.25, 0.3) is 0 Å². The third kappa shape index (κ3) is 3.08. The first-order valence-corrected chi connectivity index (χ1v) is 7.58. The average molecular weight is 328 g/mol. The van der Waals surface area contributed by atoms with Crippen LogP contribution in [0.4, 0.5) is 4.39 Å². The molecule has 0 aromatic heterocycles. The number of halogens is 1. The summed E-state index contributed by atoms with van der Waals surface area (Å²) in [5.74, 6) is -0.442. The highest BCUT2D eigenvalue weighted by Crippen LogP contribution is 2.27. The van der Waals surface area contributed by atoms with Crippen molar-refractivity contribution in [3.05, 3.63) is 65.5 Å². The van der Waals surface area contributed by atoms with Gasteiger partial charge in [0.2, 0.25) is 5.91 Å². The predicted octanol–water partition coefficient (Wildman–Crippen LogP) is 2.15. The summed E-state index contributed by atoms with van der Waals surface area (Å²) in [7, 11) is 1.56. The van der Waals surface area contributed by atoms with Crippen LogP contribution in [0.5, 0.6) is 5.75 Å². The summed E-state index contributed by atoms with van der Waals surface area (Å²) in [6.07, 6.45) is 0. The van der Waals surface area contributed by atoms with Crippen LogP contribution in [0.1, 0.15) is 22.0 Å². The van der Waals surface area contributed by atoms with Crippen molar-refractivity contribution in [1.29, 1.82) is 0 Å². The molecule has 3 rings (SSSR count). The Balaban J connectivity index is 1.94. The van der Waals surface area contributed by atoms with E-state index in [0.29, 0.717) is 24.4 Å². The fourth-order valence-electron chi connectivity index (χ4n) is 2.79. The first kappa shape index (κ1) is 16.0. The van der Waals surface area contributed by atoms with E-state index >= 15 is 0 Å². The first-order chi connectivity index (χ1) is 11.6. The lowest BCUT2D eigenvalue weighted by molar-refractivity contribution is -0.128. The summed E-state index contributed by atoms with van der Waals surface area (Å²) in [4.78, 5) is 26.6. The van der Waals surface area contributed by atoms with Gasteiger partial charge in [0, 0.05) is 18.7 Å². The largest absolute Gasteiger partial charge is 0.497 e. The molecule has 2 amide bonds. The molecule has 0 saturated carbocycles. The number of piperazine rings is 1. The molecule has 124 valence electrons. The molecule has 1 atom stereocenters. The van der Waals surface area contributed by atoms with Gasteiger partial charge in [-0.3, -0.25) is 9.59 Å². The Bertz CT molecular complexity index is 761. The zero-order valence-electron chi connectivity index (χ0n) is 13.2. The number of rotatable bonds is 3. The van der Waals surface area contributed by atoms with Crippen LogP contribution in [0.2, 0.25) is 0 Å². The van der Waals surface area contributed by atoms with Gasteiger partial charge in [0.15, 0.2) is 0 Å². The van der Waals surface area contributed by atoms with Gasteiger partial charge in [-0.25, -0.2) is 4.39 Å². The maximum Gasteiger partial charge on any atom is 0.254 e. The molecule has 1 aliphatic heterocycles. The highest BCUT2D eigenvalue weighted by atomic mass is 19.1. The van der Waals surface area contributed by atoms with Crippen LogP contribution in [0.15, 0.2) is 48.5 Å². The number of carbonyl (C=O) groups is 2. The topological polar surface area (TPSA) is 58.6 Å². The molecule has 0 aliphatic carbocycles. The first-order valence-electron chi connectivity index (χ1n) is 7.58. The van der Waals surface area contributed by atoms with E-state index < -0.39 is 11.9 Å². The minimum absolute atomic E-state index is 0.225. The van der Waals surface area contributed by atoms with Crippen molar-refractivity contribution in [2.24, 2.45) is 0 Å². The van der Waals surface area contributed by atoms with Crippen molar-refractivity contribution < 1.29 is 18.7 Å². The van der Waals surface area contributed by atoms with Crippen LogP contribution in [0, 0.1) is 5.82 Å². The second kappa shape index (κ2) is 6.70. The molecule has 0 bridgehead atoms. The molecule has 6 heteroatoms. The molecule has 0 radical (unpaired) electrons. The Kier molecular flexibility index (Phi) is 4.46. The minimum Gasteiger partial charge on any atom is -0.497 e. The van der Waals surface area contributed by atoms with E-state index in [-0.39, 0.29) is 17.4 Å². The second-order valence-electron chi connectivity index (χ2n) is 5.48. The number of hydrogen-bond acceptors (Lipinski definition) is 3. The number of ether oxygens (including phenoxy) is 1. The summed E-state index contributed by atoms with van der Waals surface area (Å²) in [5.41, 5.74) is 0.904. The molecule has 2 aromatic rings. The van der Waals surface area contributed by atoms with E-state index in [1.54, 1.807) is 37.4 Å². The Morgan fingerprint density at radius 3 is 2.67 bits per heavy atom. The van der Waals surface area contributed by atoms with E-state index in [1.807, 2.05) is 0 Å². The van der Waals surface area contributed by atoms with Gasteiger partial charge >= 0.3 is 0 Å². The van der Waals surface area contributed by atoms with Gasteiger partial charge in [0.05, 0.1) is 7.11 Å². The summed E-state index contributed by atoms with van der Waals surface area (Å²) in [6.45, 7) is 0.727. The Hall–Kier alpha value is -2.89. The van der Waals surface area contributed by atoms with Crippen molar-refractivity contribution in [3.63, 3.8) is 0 Å². The van der Waals surface area contributed by atoms with Gasteiger partial charge in [-0.05, 0) is 35.9 Å². The second-order valence-corrected chi connectivity index (χ2v) is 5.48. The van der Waals surface area contributed by atoms with Crippen molar-refractivity contribution in [2.75, 3.05) is 20.2 Å². The summed E-state index contributed by atoms with van der Waals surface area (Å²) in [6, 6.07) is 11.7. The molecule has 1 fully saturated rings. The zero-order chi connectivity index (χ0) is 17.1. The van der Waals surface area contributed by atoms with E-state index in [4.69, 9.17) is 4.74 Å². The van der Waals surface area contributed by atoms with E-state index in [1.165, 1.54) is 23.1 Å². The summed E-state index contributed by atoms with van der Waals surface area (Å²) < 4.78 is 18.5. The number of amides is 2. The van der Waals surface area contributed by atoms with Crippen molar-refractivity contribution in [3.8, 4) is 5.75 Å². The van der Waals surface area contributed by atoms with Crippen LogP contribution in [-0.4, -0.2) is 36.9 Å². The quantitative estimate of drug-likeness (QED) is 0.939. The summed E-state index contributed by atoms with van der Waals surface area (Å²) in [5, 5.41) is 2.77. The third-order valence-corrected chi connectivity index (χ3v) is 3.98. The Labute approximate surface area is 139 Å². The van der Waals surface area contributed by atoms with Gasteiger partial charge < -0.3 is 15.0 Å². The predicted molar refractivity (Wildman–Crippen MR) is 86.2 cm³/mol. The molecule has 1 heterocycles. The average Bonchev–Trinajstić information content (AvgIpc) is 2.61. The number of nitrogens with zero attached hydrogens (tertiary/aromatic N) is 1. The SMILES string of the molecule is COc1ccc(C2C(=O)NCCN2C(=O)c2cccc(F)c2)cc1. The number of hydrogen-bond donors (Lipinski definition) is 1. The van der Waals surface area contributed by atoms with Crippen LogP contribution in [-0.2, 0) is 4.79 Å². The molecular weight excluding hydrogens is 311 g/mol. The van der Waals surface area contributed by atoms with Crippen molar-refractivity contribution in [2.45, 2.75) is 6.04 Å². The maximum atomic E-state index is 13.4. The molecular formula is C18H17FN2O3. The molecule has 1 aliphatic rings. The van der Waals surface area contributed by atoms with Gasteiger partial charge in [0.25, 0.3) is 5.91 Å². The zero-order valence-corrected chi connectivity index (χ0v) is 13.2. The number of carbonyl (C=O) groups excluding carboxylic acids is 2. The molecule has 1 unspecified atom stereocenters. The van der Waals surface area contributed by atoms with Crippen LogP contribution >= 0.6 is 0 Å². The molecule has 0 spiro atoms. The number of methoxy groups -OCH3 is 1. The van der Waals surface area contributed by atoms with E-state index in [0.717, 1.165) is 0 Å². The number of nitrogens with one attached hydrogen (secondary N) is 1. The van der Waals surface area contributed by atoms with E-state index in [9.17, 15) is 14.0 Å². The molecule has 1 N–H and O–H groups in total. The monoisotopic (exact) mass is 328 g/mol. The molecule has 2 aromatic carbocycles. The van der Waals surface area contributed by atoms with Crippen molar-refractivity contribution in [1.82, 2.24) is 10.2 Å². The number of benzene rings is 2. The van der Waals surface area contributed by atoms with Gasteiger partial charge in [-0.15, -0.1) is 0 Å². The summed E-state index contributed by atoms with van der Waals surface area (Å²) >= 11 is 0. The third-order valence-electron chi connectivity index (χ3n) is 3.98. The molecule has 1 saturated heterocycles. The standard InChI is InChI=1S/C18H17FN2O3/c1-24-15-7-5-12(6-8-15)16-17(22)20-9-10-21(16)18(23)13-3-2-4-14(19)11-13/h2-8,11,16H,9-10H2,1H3,(H,20,22). The Morgan fingerprint density at radius 2 is 2.00 bits per heavy atom. The fourth-order valence-corrected chi connectivity index (χ4v) is 2.79. The lowest BCUT2D eigenvalue weighted by Gasteiger charge is -2.35. The van der Waals surface area contributed by atoms with Gasteiger partial charge in [-0.2, -0.15) is 0 Å².